The molecule has 1 unspecified atom stereocenters. The van der Waals surface area contributed by atoms with E-state index in [4.69, 9.17) is 4.52 Å². The Balaban J connectivity index is 1.97. The van der Waals surface area contributed by atoms with Crippen LogP contribution in [0.5, 0.6) is 0 Å². The maximum absolute atomic E-state index is 10.6. The molecule has 0 aliphatic carbocycles. The molecule has 2 aromatic heterocycles. The van der Waals surface area contributed by atoms with Gasteiger partial charge in [-0.3, -0.25) is 0 Å². The molecule has 132 valence electrons. The van der Waals surface area contributed by atoms with Gasteiger partial charge >= 0.3 is 0 Å². The summed E-state index contributed by atoms with van der Waals surface area (Å²) in [6, 6.07) is 3.86. The minimum absolute atomic E-state index is 0.332. The molecule has 2 rings (SSSR count). The fourth-order valence-corrected chi connectivity index (χ4v) is 2.89. The van der Waals surface area contributed by atoms with Crippen LogP contribution in [-0.4, -0.2) is 29.3 Å². The number of nitrogens with zero attached hydrogens (tertiary/aromatic N) is 2. The molecule has 0 saturated heterocycles. The molecule has 0 aliphatic rings. The average molecular weight is 350 g/mol. The van der Waals surface area contributed by atoms with Gasteiger partial charge in [0.2, 0.25) is 0 Å². The zero-order chi connectivity index (χ0) is 17.6. The molecule has 0 spiro atoms. The van der Waals surface area contributed by atoms with Crippen LogP contribution in [0.1, 0.15) is 50.6 Å². The van der Waals surface area contributed by atoms with Gasteiger partial charge in [0, 0.05) is 12.6 Å². The number of rotatable bonds is 7. The Bertz CT molecular complexity index is 647. The minimum atomic E-state index is -0.951. The largest absolute Gasteiger partial charge is 0.384 e. The predicted molar refractivity (Wildman–Crippen MR) is 97.3 cm³/mol. The van der Waals surface area contributed by atoms with Gasteiger partial charge in [0.1, 0.15) is 12.1 Å². The van der Waals surface area contributed by atoms with Crippen molar-refractivity contribution in [3.63, 3.8) is 0 Å². The molecule has 6 nitrogen and oxygen atoms in total. The van der Waals surface area contributed by atoms with E-state index in [0.717, 1.165) is 23.6 Å². The van der Waals surface area contributed by atoms with Crippen LogP contribution < -0.4 is 10.6 Å². The molecular weight excluding hydrogens is 324 g/mol. The van der Waals surface area contributed by atoms with E-state index < -0.39 is 5.60 Å². The summed E-state index contributed by atoms with van der Waals surface area (Å²) in [7, 11) is 0. The molecule has 24 heavy (non-hydrogen) atoms. The summed E-state index contributed by atoms with van der Waals surface area (Å²) >= 11 is 1.57. The third-order valence-electron chi connectivity index (χ3n) is 3.65. The normalized spacial score (nSPS) is 14.7. The lowest BCUT2D eigenvalue weighted by Gasteiger charge is -2.24. The van der Waals surface area contributed by atoms with E-state index in [1.54, 1.807) is 18.3 Å². The molecule has 2 aromatic rings. The SMILES string of the molecule is CCNC(=NCc1cc(C(C)C)no1)NCC(C)(O)c1ccsc1. The molecule has 0 bridgehead atoms. The summed E-state index contributed by atoms with van der Waals surface area (Å²) in [5.41, 5.74) is 0.874. The summed E-state index contributed by atoms with van der Waals surface area (Å²) < 4.78 is 5.30. The molecule has 0 radical (unpaired) electrons. The fourth-order valence-electron chi connectivity index (χ4n) is 2.10. The van der Waals surface area contributed by atoms with Gasteiger partial charge in [-0.2, -0.15) is 11.3 Å². The number of guanidine groups is 1. The predicted octanol–water partition coefficient (Wildman–Crippen LogP) is 2.82. The van der Waals surface area contributed by atoms with Gasteiger partial charge < -0.3 is 20.3 Å². The van der Waals surface area contributed by atoms with Crippen LogP contribution in [-0.2, 0) is 12.1 Å². The highest BCUT2D eigenvalue weighted by molar-refractivity contribution is 7.08. The molecule has 7 heteroatoms. The van der Waals surface area contributed by atoms with Crippen LogP contribution in [0.2, 0.25) is 0 Å². The van der Waals surface area contributed by atoms with Crippen LogP contribution in [0.3, 0.4) is 0 Å². The van der Waals surface area contributed by atoms with Crippen LogP contribution >= 0.6 is 11.3 Å². The monoisotopic (exact) mass is 350 g/mol. The fraction of sp³-hybridized carbons (Fsp3) is 0.529. The first kappa shape index (κ1) is 18.5. The lowest BCUT2D eigenvalue weighted by molar-refractivity contribution is 0.0621. The van der Waals surface area contributed by atoms with Gasteiger partial charge in [0.25, 0.3) is 0 Å². The van der Waals surface area contributed by atoms with Crippen molar-refractivity contribution in [2.45, 2.75) is 45.8 Å². The second kappa shape index (κ2) is 8.30. The first-order valence-corrected chi connectivity index (χ1v) is 9.09. The summed E-state index contributed by atoms with van der Waals surface area (Å²) in [5.74, 6) is 1.69. The average Bonchev–Trinajstić information content (AvgIpc) is 3.21. The lowest BCUT2D eigenvalue weighted by atomic mass is 9.99. The molecule has 3 N–H and O–H groups in total. The quantitative estimate of drug-likeness (QED) is 0.528. The number of aliphatic hydroxyl groups is 1. The van der Waals surface area contributed by atoms with E-state index in [2.05, 4.69) is 34.6 Å². The Morgan fingerprint density at radius 2 is 2.25 bits per heavy atom. The van der Waals surface area contributed by atoms with Gasteiger partial charge in [0.05, 0.1) is 12.2 Å². The number of hydrogen-bond acceptors (Lipinski definition) is 5. The van der Waals surface area contributed by atoms with Crippen molar-refractivity contribution in [3.05, 3.63) is 39.9 Å². The molecule has 0 aliphatic heterocycles. The van der Waals surface area contributed by atoms with Gasteiger partial charge in [-0.25, -0.2) is 4.99 Å². The Kier molecular flexibility index (Phi) is 6.39. The third-order valence-corrected chi connectivity index (χ3v) is 4.33. The van der Waals surface area contributed by atoms with Crippen LogP contribution in [0.15, 0.2) is 32.4 Å². The topological polar surface area (TPSA) is 82.7 Å². The number of hydrogen-bond donors (Lipinski definition) is 3. The Morgan fingerprint density at radius 3 is 2.83 bits per heavy atom. The van der Waals surface area contributed by atoms with Crippen molar-refractivity contribution < 1.29 is 9.63 Å². The molecule has 0 saturated carbocycles. The standard InChI is InChI=1S/C17H26N4O2S/c1-5-18-16(19-9-14-8-15(12(2)3)21-23-14)20-11-17(4,22)13-6-7-24-10-13/h6-8,10,12,22H,5,9,11H2,1-4H3,(H2,18,19,20). The van der Waals surface area contributed by atoms with Gasteiger partial charge in [-0.15, -0.1) is 0 Å². The first-order valence-electron chi connectivity index (χ1n) is 8.15. The number of thiophene rings is 1. The highest BCUT2D eigenvalue weighted by Crippen LogP contribution is 2.22. The highest BCUT2D eigenvalue weighted by Gasteiger charge is 2.23. The molecule has 0 aromatic carbocycles. The van der Waals surface area contributed by atoms with E-state index in [1.807, 2.05) is 29.8 Å². The molecule has 0 fully saturated rings. The van der Waals surface area contributed by atoms with Gasteiger partial charge in [0.15, 0.2) is 11.7 Å². The second-order valence-corrected chi connectivity index (χ2v) is 6.99. The summed E-state index contributed by atoms with van der Waals surface area (Å²) in [6.07, 6.45) is 0. The van der Waals surface area contributed by atoms with Crippen LogP contribution in [0, 0.1) is 0 Å². The molecular formula is C17H26N4O2S. The Morgan fingerprint density at radius 1 is 1.46 bits per heavy atom. The zero-order valence-electron chi connectivity index (χ0n) is 14.7. The van der Waals surface area contributed by atoms with Crippen molar-refractivity contribution in [3.8, 4) is 0 Å². The Labute approximate surface area is 147 Å². The Hall–Kier alpha value is -1.86. The van der Waals surface area contributed by atoms with Crippen molar-refractivity contribution >= 4 is 17.3 Å². The lowest BCUT2D eigenvalue weighted by Crippen LogP contribution is -2.44. The number of nitrogens with one attached hydrogen (secondary N) is 2. The molecule has 0 amide bonds. The van der Waals surface area contributed by atoms with E-state index in [9.17, 15) is 5.11 Å². The number of aromatic nitrogens is 1. The van der Waals surface area contributed by atoms with Crippen molar-refractivity contribution in [1.29, 1.82) is 0 Å². The highest BCUT2D eigenvalue weighted by atomic mass is 32.1. The van der Waals surface area contributed by atoms with E-state index in [0.29, 0.717) is 25.0 Å². The van der Waals surface area contributed by atoms with Crippen LogP contribution in [0.4, 0.5) is 0 Å². The van der Waals surface area contributed by atoms with E-state index in [1.165, 1.54) is 0 Å². The van der Waals surface area contributed by atoms with Crippen molar-refractivity contribution in [2.75, 3.05) is 13.1 Å². The third kappa shape index (κ3) is 5.07. The van der Waals surface area contributed by atoms with Crippen molar-refractivity contribution in [1.82, 2.24) is 15.8 Å². The van der Waals surface area contributed by atoms with Gasteiger partial charge in [-0.1, -0.05) is 19.0 Å². The summed E-state index contributed by atoms with van der Waals surface area (Å²) in [6.45, 7) is 9.43. The summed E-state index contributed by atoms with van der Waals surface area (Å²) in [4.78, 5) is 4.49. The second-order valence-electron chi connectivity index (χ2n) is 6.21. The summed E-state index contributed by atoms with van der Waals surface area (Å²) in [5, 5.41) is 24.9. The first-order chi connectivity index (χ1) is 11.4. The minimum Gasteiger partial charge on any atom is -0.384 e. The maximum atomic E-state index is 10.6. The van der Waals surface area contributed by atoms with Crippen LogP contribution in [0.25, 0.3) is 0 Å². The van der Waals surface area contributed by atoms with Gasteiger partial charge in [-0.05, 0) is 42.2 Å². The maximum Gasteiger partial charge on any atom is 0.191 e. The molecule has 2 heterocycles. The zero-order valence-corrected chi connectivity index (χ0v) is 15.5. The van der Waals surface area contributed by atoms with E-state index >= 15 is 0 Å². The smallest absolute Gasteiger partial charge is 0.191 e. The van der Waals surface area contributed by atoms with E-state index in [-0.39, 0.29) is 0 Å². The number of aliphatic imine (C=N–C) groups is 1. The van der Waals surface area contributed by atoms with Crippen molar-refractivity contribution in [2.24, 2.45) is 4.99 Å². The molecule has 1 atom stereocenters.